The molecule has 1 aliphatic rings. The van der Waals surface area contributed by atoms with Crippen LogP contribution < -0.4 is 10.6 Å². The Bertz CT molecular complexity index is 601. The second-order valence-corrected chi connectivity index (χ2v) is 6.89. The first-order valence-electron chi connectivity index (χ1n) is 5.90. The maximum absolute atomic E-state index is 13.3. The number of hydrogen-bond donors (Lipinski definition) is 2. The number of halogens is 1. The van der Waals surface area contributed by atoms with E-state index in [1.165, 1.54) is 6.07 Å². The molecule has 19 heavy (non-hydrogen) atoms. The van der Waals surface area contributed by atoms with Gasteiger partial charge in [0.25, 0.3) is 0 Å². The van der Waals surface area contributed by atoms with Crippen molar-refractivity contribution in [3.8, 4) is 0 Å². The van der Waals surface area contributed by atoms with Crippen molar-refractivity contribution in [3.05, 3.63) is 29.6 Å². The highest BCUT2D eigenvalue weighted by Gasteiger charge is 2.28. The van der Waals surface area contributed by atoms with Gasteiger partial charge >= 0.3 is 6.03 Å². The molecule has 2 amide bonds. The summed E-state index contributed by atoms with van der Waals surface area (Å²) in [5.41, 5.74) is 0.828. The quantitative estimate of drug-likeness (QED) is 0.864. The molecule has 2 N–H and O–H groups in total. The number of urea groups is 1. The number of carbonyl (C=O) groups is 1. The Morgan fingerprint density at radius 3 is 2.74 bits per heavy atom. The van der Waals surface area contributed by atoms with Crippen LogP contribution in [-0.4, -0.2) is 32.0 Å². The number of benzene rings is 1. The first-order chi connectivity index (χ1) is 8.85. The molecule has 1 fully saturated rings. The van der Waals surface area contributed by atoms with Gasteiger partial charge in [0.15, 0.2) is 9.84 Å². The second kappa shape index (κ2) is 5.16. The predicted octanol–water partition coefficient (Wildman–Crippen LogP) is 1.44. The van der Waals surface area contributed by atoms with E-state index < -0.39 is 21.7 Å². The Labute approximate surface area is 111 Å². The number of carbonyl (C=O) groups excluding carboxylic acids is 1. The summed E-state index contributed by atoms with van der Waals surface area (Å²) in [6.45, 7) is 1.63. The number of anilines is 1. The molecule has 0 aromatic heterocycles. The third-order valence-corrected chi connectivity index (χ3v) is 4.77. The van der Waals surface area contributed by atoms with Crippen LogP contribution in [0.2, 0.25) is 0 Å². The average Bonchev–Trinajstić information content (AvgIpc) is 2.63. The molecule has 1 saturated heterocycles. The minimum Gasteiger partial charge on any atom is -0.334 e. The molecule has 0 bridgehead atoms. The van der Waals surface area contributed by atoms with Gasteiger partial charge in [0, 0.05) is 11.7 Å². The van der Waals surface area contributed by atoms with E-state index >= 15 is 0 Å². The number of nitrogens with one attached hydrogen (secondary N) is 2. The van der Waals surface area contributed by atoms with Gasteiger partial charge in [-0.05, 0) is 31.0 Å². The highest BCUT2D eigenvalue weighted by Crippen LogP contribution is 2.14. The lowest BCUT2D eigenvalue weighted by molar-refractivity contribution is 0.249. The summed E-state index contributed by atoms with van der Waals surface area (Å²) in [6.07, 6.45) is 0.415. The maximum atomic E-state index is 13.3. The van der Waals surface area contributed by atoms with Crippen LogP contribution in [0.5, 0.6) is 0 Å². The van der Waals surface area contributed by atoms with Crippen molar-refractivity contribution in [2.45, 2.75) is 19.4 Å². The first-order valence-corrected chi connectivity index (χ1v) is 7.72. The minimum atomic E-state index is -3.03. The summed E-state index contributed by atoms with van der Waals surface area (Å²) in [5, 5.41) is 5.04. The summed E-state index contributed by atoms with van der Waals surface area (Å²) in [5.74, 6) is -0.346. The van der Waals surface area contributed by atoms with Crippen LogP contribution in [0.15, 0.2) is 18.2 Å². The van der Waals surface area contributed by atoms with Crippen molar-refractivity contribution >= 4 is 21.6 Å². The summed E-state index contributed by atoms with van der Waals surface area (Å²) in [4.78, 5) is 11.6. The van der Waals surface area contributed by atoms with Crippen LogP contribution in [0.3, 0.4) is 0 Å². The van der Waals surface area contributed by atoms with Gasteiger partial charge < -0.3 is 10.6 Å². The van der Waals surface area contributed by atoms with Crippen LogP contribution in [0, 0.1) is 12.7 Å². The van der Waals surface area contributed by atoms with E-state index in [0.717, 1.165) is 0 Å². The smallest absolute Gasteiger partial charge is 0.319 e. The molecule has 2 rings (SSSR count). The fourth-order valence-electron chi connectivity index (χ4n) is 1.93. The molecular weight excluding hydrogens is 271 g/mol. The average molecular weight is 286 g/mol. The molecule has 1 heterocycles. The van der Waals surface area contributed by atoms with E-state index in [9.17, 15) is 17.6 Å². The van der Waals surface area contributed by atoms with E-state index in [0.29, 0.717) is 17.7 Å². The largest absolute Gasteiger partial charge is 0.334 e. The number of hydrogen-bond acceptors (Lipinski definition) is 3. The van der Waals surface area contributed by atoms with E-state index in [4.69, 9.17) is 0 Å². The fraction of sp³-hybridized carbons (Fsp3) is 0.417. The highest BCUT2D eigenvalue weighted by molar-refractivity contribution is 7.91. The van der Waals surface area contributed by atoms with Crippen molar-refractivity contribution in [1.82, 2.24) is 5.32 Å². The standard InChI is InChI=1S/C12H15FN2O3S/c1-8-2-3-9(6-11(8)13)14-12(16)15-10-4-5-19(17,18)7-10/h2-3,6,10H,4-5,7H2,1H3,(H2,14,15,16). The summed E-state index contributed by atoms with van der Waals surface area (Å²) in [6, 6.07) is 3.47. The molecule has 104 valence electrons. The van der Waals surface area contributed by atoms with Crippen LogP contribution >= 0.6 is 0 Å². The van der Waals surface area contributed by atoms with Crippen LogP contribution in [-0.2, 0) is 9.84 Å². The van der Waals surface area contributed by atoms with Gasteiger partial charge in [0.1, 0.15) is 5.82 Å². The van der Waals surface area contributed by atoms with Crippen molar-refractivity contribution in [2.24, 2.45) is 0 Å². The molecule has 0 saturated carbocycles. The third-order valence-electron chi connectivity index (χ3n) is 3.00. The zero-order valence-electron chi connectivity index (χ0n) is 10.4. The Balaban J connectivity index is 1.93. The second-order valence-electron chi connectivity index (χ2n) is 4.66. The first kappa shape index (κ1) is 13.8. The van der Waals surface area contributed by atoms with Gasteiger partial charge in [0.2, 0.25) is 0 Å². The summed E-state index contributed by atoms with van der Waals surface area (Å²) in [7, 11) is -3.03. The van der Waals surface area contributed by atoms with Gasteiger partial charge in [-0.1, -0.05) is 6.07 Å². The van der Waals surface area contributed by atoms with Gasteiger partial charge in [-0.15, -0.1) is 0 Å². The predicted molar refractivity (Wildman–Crippen MR) is 70.4 cm³/mol. The highest BCUT2D eigenvalue weighted by atomic mass is 32.2. The van der Waals surface area contributed by atoms with Gasteiger partial charge in [0.05, 0.1) is 11.5 Å². The lowest BCUT2D eigenvalue weighted by atomic mass is 10.2. The van der Waals surface area contributed by atoms with E-state index in [1.54, 1.807) is 19.1 Å². The van der Waals surface area contributed by atoms with Crippen LogP contribution in [0.1, 0.15) is 12.0 Å². The molecule has 5 nitrogen and oxygen atoms in total. The molecule has 0 radical (unpaired) electrons. The minimum absolute atomic E-state index is 0.0390. The molecule has 1 unspecified atom stereocenters. The Morgan fingerprint density at radius 1 is 1.42 bits per heavy atom. The normalized spacial score (nSPS) is 21.1. The molecular formula is C12H15FN2O3S. The topological polar surface area (TPSA) is 75.3 Å². The molecule has 0 spiro atoms. The number of amides is 2. The van der Waals surface area contributed by atoms with Crippen molar-refractivity contribution in [2.75, 3.05) is 16.8 Å². The summed E-state index contributed by atoms with van der Waals surface area (Å²) < 4.78 is 35.8. The maximum Gasteiger partial charge on any atom is 0.319 e. The van der Waals surface area contributed by atoms with Crippen molar-refractivity contribution in [3.63, 3.8) is 0 Å². The zero-order valence-corrected chi connectivity index (χ0v) is 11.3. The number of rotatable bonds is 2. The van der Waals surface area contributed by atoms with Gasteiger partial charge in [-0.2, -0.15) is 0 Å². The molecule has 0 aliphatic carbocycles. The van der Waals surface area contributed by atoms with Crippen molar-refractivity contribution in [1.29, 1.82) is 0 Å². The molecule has 7 heteroatoms. The third kappa shape index (κ3) is 3.66. The Morgan fingerprint density at radius 2 is 2.16 bits per heavy atom. The molecule has 1 atom stereocenters. The van der Waals surface area contributed by atoms with E-state index in [2.05, 4.69) is 10.6 Å². The molecule has 1 aromatic rings. The lowest BCUT2D eigenvalue weighted by Crippen LogP contribution is -2.38. The van der Waals surface area contributed by atoms with Gasteiger partial charge in [-0.3, -0.25) is 0 Å². The number of aryl methyl sites for hydroxylation is 1. The number of sulfone groups is 1. The Kier molecular flexibility index (Phi) is 3.75. The molecule has 1 aliphatic heterocycles. The summed E-state index contributed by atoms with van der Waals surface area (Å²) >= 11 is 0. The zero-order chi connectivity index (χ0) is 14.0. The fourth-order valence-corrected chi connectivity index (χ4v) is 3.61. The van der Waals surface area contributed by atoms with Crippen LogP contribution in [0.25, 0.3) is 0 Å². The lowest BCUT2D eigenvalue weighted by Gasteiger charge is -2.12. The molecule has 1 aromatic carbocycles. The van der Waals surface area contributed by atoms with Gasteiger partial charge in [-0.25, -0.2) is 17.6 Å². The monoisotopic (exact) mass is 286 g/mol. The van der Waals surface area contributed by atoms with E-state index in [1.807, 2.05) is 0 Å². The van der Waals surface area contributed by atoms with E-state index in [-0.39, 0.29) is 17.5 Å². The SMILES string of the molecule is Cc1ccc(NC(=O)NC2CCS(=O)(=O)C2)cc1F. The van der Waals surface area contributed by atoms with Crippen molar-refractivity contribution < 1.29 is 17.6 Å². The van der Waals surface area contributed by atoms with Crippen LogP contribution in [0.4, 0.5) is 14.9 Å². The Hall–Kier alpha value is -1.63.